The summed E-state index contributed by atoms with van der Waals surface area (Å²) in [5.41, 5.74) is 6.48. The predicted octanol–water partition coefficient (Wildman–Crippen LogP) is 6.59. The van der Waals surface area contributed by atoms with Crippen molar-refractivity contribution in [1.82, 2.24) is 4.98 Å². The zero-order chi connectivity index (χ0) is 20.4. The van der Waals surface area contributed by atoms with Crippen LogP contribution in [0.15, 0.2) is 42.5 Å². The second kappa shape index (κ2) is 8.83. The molecular weight excluding hydrogens is 382 g/mol. The zero-order valence-electron chi connectivity index (χ0n) is 17.1. The Morgan fingerprint density at radius 3 is 2.59 bits per heavy atom. The van der Waals surface area contributed by atoms with Gasteiger partial charge in [-0.3, -0.25) is 4.98 Å². The van der Waals surface area contributed by atoms with Gasteiger partial charge in [0.15, 0.2) is 0 Å². The molecule has 0 aliphatic heterocycles. The molecule has 1 saturated carbocycles. The Hall–Kier alpha value is -1.94. The van der Waals surface area contributed by atoms with Gasteiger partial charge in [-0.25, -0.2) is 0 Å². The molecule has 0 bridgehead atoms. The number of hydrogen-bond donors (Lipinski definition) is 1. The van der Waals surface area contributed by atoms with E-state index in [-0.39, 0.29) is 12.7 Å². The molecule has 1 aliphatic carbocycles. The third-order valence-electron chi connectivity index (χ3n) is 5.70. The number of halogens is 1. The van der Waals surface area contributed by atoms with Gasteiger partial charge in [-0.15, -0.1) is 0 Å². The number of hydrogen-bond acceptors (Lipinski definition) is 3. The molecule has 1 heterocycles. The van der Waals surface area contributed by atoms with Crippen LogP contribution in [0.25, 0.3) is 22.0 Å². The van der Waals surface area contributed by atoms with Crippen LogP contribution < -0.4 is 0 Å². The van der Waals surface area contributed by atoms with E-state index in [2.05, 4.69) is 32.0 Å². The van der Waals surface area contributed by atoms with E-state index in [9.17, 15) is 5.11 Å². The highest BCUT2D eigenvalue weighted by Crippen LogP contribution is 2.42. The van der Waals surface area contributed by atoms with Crippen molar-refractivity contribution in [3.8, 4) is 11.1 Å². The van der Waals surface area contributed by atoms with Crippen molar-refractivity contribution in [3.63, 3.8) is 0 Å². The number of aliphatic hydroxyl groups excluding tert-OH is 1. The third-order valence-corrected chi connectivity index (χ3v) is 5.95. The monoisotopic (exact) mass is 409 g/mol. The topological polar surface area (TPSA) is 42.4 Å². The molecule has 152 valence electrons. The minimum atomic E-state index is -0.361. The van der Waals surface area contributed by atoms with Crippen LogP contribution in [-0.4, -0.2) is 23.3 Å². The average Bonchev–Trinajstić information content (AvgIpc) is 3.57. The van der Waals surface area contributed by atoms with Crippen LogP contribution in [0.1, 0.15) is 61.4 Å². The molecule has 3 nitrogen and oxygen atoms in total. The van der Waals surface area contributed by atoms with E-state index in [0.717, 1.165) is 46.0 Å². The number of ether oxygens (including phenoxy) is 1. The van der Waals surface area contributed by atoms with Crippen molar-refractivity contribution in [2.24, 2.45) is 0 Å². The molecule has 0 amide bonds. The lowest BCUT2D eigenvalue weighted by molar-refractivity contribution is 0.0105. The minimum absolute atomic E-state index is 0.0514. The molecule has 29 heavy (non-hydrogen) atoms. The molecule has 0 radical (unpaired) electrons. The van der Waals surface area contributed by atoms with E-state index in [1.54, 1.807) is 0 Å². The predicted molar refractivity (Wildman–Crippen MR) is 120 cm³/mol. The fourth-order valence-electron chi connectivity index (χ4n) is 3.98. The Morgan fingerprint density at radius 2 is 1.93 bits per heavy atom. The number of unbranched alkanes of at least 4 members (excludes halogenated alkanes) is 1. The molecule has 0 saturated heterocycles. The number of rotatable bonds is 8. The van der Waals surface area contributed by atoms with Gasteiger partial charge in [0.05, 0.1) is 12.1 Å². The first-order valence-electron chi connectivity index (χ1n) is 10.5. The second-order valence-corrected chi connectivity index (χ2v) is 8.40. The summed E-state index contributed by atoms with van der Waals surface area (Å²) in [5, 5.41) is 12.0. The van der Waals surface area contributed by atoms with E-state index >= 15 is 0 Å². The number of aryl methyl sites for hydroxylation is 1. The SMILES string of the molecule is CCCCOC(CO)c1c(C)cc2nc(C3CC3)ccc2c1-c1ccc(Cl)cc1. The first-order chi connectivity index (χ1) is 14.1. The van der Waals surface area contributed by atoms with Gasteiger partial charge in [-0.2, -0.15) is 0 Å². The van der Waals surface area contributed by atoms with Crippen molar-refractivity contribution < 1.29 is 9.84 Å². The smallest absolute Gasteiger partial charge is 0.106 e. The Kier molecular flexibility index (Phi) is 6.19. The van der Waals surface area contributed by atoms with E-state index in [1.807, 2.05) is 24.3 Å². The minimum Gasteiger partial charge on any atom is -0.393 e. The van der Waals surface area contributed by atoms with Gasteiger partial charge in [0.1, 0.15) is 6.10 Å². The fraction of sp³-hybridized carbons (Fsp3) is 0.400. The number of aliphatic hydroxyl groups is 1. The fourth-order valence-corrected chi connectivity index (χ4v) is 4.11. The summed E-state index contributed by atoms with van der Waals surface area (Å²) in [6.45, 7) is 4.81. The number of pyridine rings is 1. The summed E-state index contributed by atoms with van der Waals surface area (Å²) in [7, 11) is 0. The van der Waals surface area contributed by atoms with Crippen molar-refractivity contribution in [2.45, 2.75) is 51.6 Å². The summed E-state index contributed by atoms with van der Waals surface area (Å²) in [6, 6.07) is 14.4. The van der Waals surface area contributed by atoms with E-state index in [1.165, 1.54) is 18.5 Å². The molecule has 1 atom stereocenters. The molecule has 1 aliphatic rings. The van der Waals surface area contributed by atoms with Gasteiger partial charge in [-0.1, -0.05) is 43.1 Å². The van der Waals surface area contributed by atoms with Gasteiger partial charge in [0.2, 0.25) is 0 Å². The van der Waals surface area contributed by atoms with Crippen LogP contribution in [-0.2, 0) is 4.74 Å². The van der Waals surface area contributed by atoms with Crippen molar-refractivity contribution in [3.05, 3.63) is 64.3 Å². The summed E-state index contributed by atoms with van der Waals surface area (Å²) in [4.78, 5) is 4.97. The zero-order valence-corrected chi connectivity index (χ0v) is 17.9. The molecule has 4 heteroatoms. The number of benzene rings is 2. The van der Waals surface area contributed by atoms with Crippen LogP contribution in [0.5, 0.6) is 0 Å². The Bertz CT molecular complexity index is 996. The highest BCUT2D eigenvalue weighted by atomic mass is 35.5. The van der Waals surface area contributed by atoms with Crippen molar-refractivity contribution in [2.75, 3.05) is 13.2 Å². The summed E-state index contributed by atoms with van der Waals surface area (Å²) < 4.78 is 6.11. The average molecular weight is 410 g/mol. The summed E-state index contributed by atoms with van der Waals surface area (Å²) in [6.07, 6.45) is 4.15. The highest BCUT2D eigenvalue weighted by Gasteiger charge is 2.26. The molecule has 1 unspecified atom stereocenters. The molecule has 3 aromatic rings. The molecule has 4 rings (SSSR count). The molecule has 2 aromatic carbocycles. The van der Waals surface area contributed by atoms with Gasteiger partial charge < -0.3 is 9.84 Å². The van der Waals surface area contributed by atoms with Crippen LogP contribution in [0, 0.1) is 6.92 Å². The first kappa shape index (κ1) is 20.3. The highest BCUT2D eigenvalue weighted by molar-refractivity contribution is 6.30. The molecule has 1 fully saturated rings. The summed E-state index contributed by atoms with van der Waals surface area (Å²) in [5.74, 6) is 0.612. The second-order valence-electron chi connectivity index (χ2n) is 7.96. The van der Waals surface area contributed by atoms with E-state index in [4.69, 9.17) is 21.3 Å². The van der Waals surface area contributed by atoms with Crippen LogP contribution in [0.4, 0.5) is 0 Å². The van der Waals surface area contributed by atoms with Crippen LogP contribution in [0.2, 0.25) is 5.02 Å². The maximum absolute atomic E-state index is 10.2. The molecule has 0 spiro atoms. The van der Waals surface area contributed by atoms with Crippen molar-refractivity contribution >= 4 is 22.5 Å². The lowest BCUT2D eigenvalue weighted by Crippen LogP contribution is -2.13. The Morgan fingerprint density at radius 1 is 1.17 bits per heavy atom. The van der Waals surface area contributed by atoms with Crippen LogP contribution >= 0.6 is 11.6 Å². The van der Waals surface area contributed by atoms with E-state index < -0.39 is 0 Å². The van der Waals surface area contributed by atoms with Crippen molar-refractivity contribution in [1.29, 1.82) is 0 Å². The first-order valence-corrected chi connectivity index (χ1v) is 10.9. The largest absolute Gasteiger partial charge is 0.393 e. The standard InChI is InChI=1S/C25H28ClNO2/c1-3-4-13-29-23(15-28)24-16(2)14-22-20(11-12-21(27-22)17-5-6-17)25(24)18-7-9-19(26)10-8-18/h7-12,14,17,23,28H,3-6,13,15H2,1-2H3. The van der Waals surface area contributed by atoms with E-state index in [0.29, 0.717) is 17.5 Å². The quantitative estimate of drug-likeness (QED) is 0.426. The van der Waals surface area contributed by atoms with Gasteiger partial charge >= 0.3 is 0 Å². The Balaban J connectivity index is 1.90. The number of aromatic nitrogens is 1. The maximum Gasteiger partial charge on any atom is 0.106 e. The lowest BCUT2D eigenvalue weighted by Gasteiger charge is -2.23. The Labute approximate surface area is 177 Å². The number of nitrogens with zero attached hydrogens (tertiary/aromatic N) is 1. The van der Waals surface area contributed by atoms with Crippen LogP contribution in [0.3, 0.4) is 0 Å². The summed E-state index contributed by atoms with van der Waals surface area (Å²) >= 11 is 6.15. The lowest BCUT2D eigenvalue weighted by atomic mass is 9.88. The third kappa shape index (κ3) is 4.32. The normalized spacial score (nSPS) is 15.0. The van der Waals surface area contributed by atoms with Gasteiger partial charge in [-0.05, 0) is 72.7 Å². The molecule has 1 N–H and O–H groups in total. The molecule has 1 aromatic heterocycles. The maximum atomic E-state index is 10.2. The molecular formula is C25H28ClNO2. The van der Waals surface area contributed by atoms with Gasteiger partial charge in [0.25, 0.3) is 0 Å². The number of fused-ring (bicyclic) bond motifs is 1. The van der Waals surface area contributed by atoms with Gasteiger partial charge in [0, 0.05) is 28.6 Å².